The third-order valence-electron chi connectivity index (χ3n) is 3.14. The van der Waals surface area contributed by atoms with Crippen molar-refractivity contribution in [2.24, 2.45) is 0 Å². The average Bonchev–Trinajstić information content (AvgIpc) is 2.91. The van der Waals surface area contributed by atoms with E-state index in [-0.39, 0.29) is 30.0 Å². The number of benzene rings is 1. The highest BCUT2D eigenvalue weighted by molar-refractivity contribution is 7.92. The lowest BCUT2D eigenvalue weighted by molar-refractivity contribution is -0.117. The molecule has 1 unspecified atom stereocenters. The van der Waals surface area contributed by atoms with E-state index >= 15 is 0 Å². The van der Waals surface area contributed by atoms with E-state index in [4.69, 9.17) is 4.74 Å². The molecule has 1 aliphatic rings. The molecule has 1 aliphatic heterocycles. The molecule has 1 heterocycles. The number of ether oxygens (including phenoxy) is 1. The maximum absolute atomic E-state index is 12.0. The van der Waals surface area contributed by atoms with Gasteiger partial charge >= 0.3 is 0 Å². The number of amides is 1. The molecule has 0 bridgehead atoms. The van der Waals surface area contributed by atoms with Crippen LogP contribution in [0.3, 0.4) is 0 Å². The van der Waals surface area contributed by atoms with Crippen LogP contribution in [0.2, 0.25) is 0 Å². The van der Waals surface area contributed by atoms with E-state index in [1.54, 1.807) is 12.1 Å². The van der Waals surface area contributed by atoms with Crippen LogP contribution in [0.1, 0.15) is 12.8 Å². The molecule has 0 aromatic heterocycles. The number of methoxy groups -OCH3 is 1. The minimum atomic E-state index is -3.43. The summed E-state index contributed by atoms with van der Waals surface area (Å²) in [7, 11) is -1.98. The summed E-state index contributed by atoms with van der Waals surface area (Å²) in [6, 6.07) is 4.61. The minimum absolute atomic E-state index is 0. The lowest BCUT2D eigenvalue weighted by atomic mass is 10.2. The second-order valence-corrected chi connectivity index (χ2v) is 6.68. The molecule has 0 saturated carbocycles. The van der Waals surface area contributed by atoms with Crippen LogP contribution < -0.4 is 20.1 Å². The van der Waals surface area contributed by atoms with E-state index in [9.17, 15) is 13.2 Å². The van der Waals surface area contributed by atoms with Crippen molar-refractivity contribution in [3.05, 3.63) is 18.2 Å². The smallest absolute Gasteiger partial charge is 0.241 e. The van der Waals surface area contributed by atoms with Gasteiger partial charge in [0.1, 0.15) is 5.75 Å². The van der Waals surface area contributed by atoms with E-state index < -0.39 is 10.0 Å². The predicted molar refractivity (Wildman–Crippen MR) is 88.4 cm³/mol. The van der Waals surface area contributed by atoms with Gasteiger partial charge in [-0.05, 0) is 37.6 Å². The second kappa shape index (κ2) is 7.66. The molecule has 0 aliphatic carbocycles. The zero-order valence-corrected chi connectivity index (χ0v) is 14.0. The molecule has 1 aromatic rings. The van der Waals surface area contributed by atoms with Gasteiger partial charge in [-0.2, -0.15) is 0 Å². The molecule has 22 heavy (non-hydrogen) atoms. The van der Waals surface area contributed by atoms with Crippen molar-refractivity contribution in [2.45, 2.75) is 18.9 Å². The molecular formula is C13H20ClN3O4S. The first kappa shape index (κ1) is 18.5. The van der Waals surface area contributed by atoms with Crippen LogP contribution in [0.15, 0.2) is 18.2 Å². The molecule has 0 spiro atoms. The van der Waals surface area contributed by atoms with Crippen molar-refractivity contribution in [3.8, 4) is 5.75 Å². The number of rotatable bonds is 5. The Morgan fingerprint density at radius 1 is 1.41 bits per heavy atom. The number of carbonyl (C=O) groups is 1. The summed E-state index contributed by atoms with van der Waals surface area (Å²) in [5, 5.41) is 5.87. The van der Waals surface area contributed by atoms with Crippen molar-refractivity contribution in [1.29, 1.82) is 0 Å². The first-order chi connectivity index (χ1) is 9.89. The normalized spacial score (nSPS) is 17.5. The maximum atomic E-state index is 12.0. The summed E-state index contributed by atoms with van der Waals surface area (Å²) in [5.74, 6) is 0.264. The third kappa shape index (κ3) is 5.04. The van der Waals surface area contributed by atoms with Gasteiger partial charge in [-0.15, -0.1) is 12.4 Å². The molecular weight excluding hydrogens is 330 g/mol. The predicted octanol–water partition coefficient (Wildman–Crippen LogP) is 1.18. The van der Waals surface area contributed by atoms with Crippen molar-refractivity contribution < 1.29 is 17.9 Å². The number of halogens is 1. The lowest BCUT2D eigenvalue weighted by Crippen LogP contribution is -2.35. The molecule has 1 aromatic carbocycles. The quantitative estimate of drug-likeness (QED) is 0.741. The number of nitrogens with one attached hydrogen (secondary N) is 3. The SMILES string of the molecule is COc1ccc(NC(=O)C2CCCN2)cc1NS(C)(=O)=O.Cl. The summed E-state index contributed by atoms with van der Waals surface area (Å²) in [4.78, 5) is 12.0. The van der Waals surface area contributed by atoms with Crippen molar-refractivity contribution in [3.63, 3.8) is 0 Å². The van der Waals surface area contributed by atoms with Gasteiger partial charge < -0.3 is 15.4 Å². The van der Waals surface area contributed by atoms with Gasteiger partial charge in [-0.3, -0.25) is 9.52 Å². The zero-order valence-electron chi connectivity index (χ0n) is 12.4. The number of hydrogen-bond donors (Lipinski definition) is 3. The Bertz CT molecular complexity index is 630. The summed E-state index contributed by atoms with van der Waals surface area (Å²) >= 11 is 0. The van der Waals surface area contributed by atoms with Crippen LogP contribution >= 0.6 is 12.4 Å². The van der Waals surface area contributed by atoms with Gasteiger partial charge in [-0.1, -0.05) is 0 Å². The fourth-order valence-corrected chi connectivity index (χ4v) is 2.76. The minimum Gasteiger partial charge on any atom is -0.495 e. The topological polar surface area (TPSA) is 96.5 Å². The average molecular weight is 350 g/mol. The molecule has 2 rings (SSSR count). The highest BCUT2D eigenvalue weighted by Gasteiger charge is 2.22. The first-order valence-electron chi connectivity index (χ1n) is 6.59. The molecule has 1 saturated heterocycles. The Morgan fingerprint density at radius 2 is 2.14 bits per heavy atom. The largest absolute Gasteiger partial charge is 0.495 e. The van der Waals surface area contributed by atoms with Crippen LogP contribution in [-0.4, -0.2) is 40.3 Å². The standard InChI is InChI=1S/C13H19N3O4S.ClH/c1-20-12-6-5-9(8-11(12)16-21(2,18)19)15-13(17)10-4-3-7-14-10;/h5-6,8,10,14,16H,3-4,7H2,1-2H3,(H,15,17);1H. The number of anilines is 2. The van der Waals surface area contributed by atoms with Gasteiger partial charge in [0.05, 0.1) is 25.1 Å². The van der Waals surface area contributed by atoms with Gasteiger partial charge in [-0.25, -0.2) is 8.42 Å². The Labute approximate surface area is 136 Å². The number of sulfonamides is 1. The fourth-order valence-electron chi connectivity index (χ4n) is 2.20. The van der Waals surface area contributed by atoms with Crippen molar-refractivity contribution in [1.82, 2.24) is 5.32 Å². The number of carbonyl (C=O) groups excluding carboxylic acids is 1. The van der Waals surface area contributed by atoms with E-state index in [0.29, 0.717) is 11.4 Å². The molecule has 7 nitrogen and oxygen atoms in total. The van der Waals surface area contributed by atoms with E-state index in [1.165, 1.54) is 13.2 Å². The van der Waals surface area contributed by atoms with Crippen LogP contribution in [0.25, 0.3) is 0 Å². The summed E-state index contributed by atoms with van der Waals surface area (Å²) in [6.07, 6.45) is 2.83. The van der Waals surface area contributed by atoms with E-state index in [2.05, 4.69) is 15.4 Å². The van der Waals surface area contributed by atoms with Crippen LogP contribution in [-0.2, 0) is 14.8 Å². The molecule has 1 amide bonds. The molecule has 3 N–H and O–H groups in total. The second-order valence-electron chi connectivity index (χ2n) is 4.93. The molecule has 124 valence electrons. The van der Waals surface area contributed by atoms with Crippen LogP contribution in [0.5, 0.6) is 5.75 Å². The van der Waals surface area contributed by atoms with Gasteiger partial charge in [0.25, 0.3) is 0 Å². The highest BCUT2D eigenvalue weighted by Crippen LogP contribution is 2.28. The van der Waals surface area contributed by atoms with E-state index in [1.807, 2.05) is 0 Å². The molecule has 9 heteroatoms. The van der Waals surface area contributed by atoms with Crippen molar-refractivity contribution >= 4 is 39.7 Å². The van der Waals surface area contributed by atoms with Crippen LogP contribution in [0.4, 0.5) is 11.4 Å². The molecule has 1 fully saturated rings. The Kier molecular flexibility index (Phi) is 6.46. The maximum Gasteiger partial charge on any atom is 0.241 e. The Hall–Kier alpha value is -1.51. The summed E-state index contributed by atoms with van der Waals surface area (Å²) in [5.41, 5.74) is 0.804. The highest BCUT2D eigenvalue weighted by atomic mass is 35.5. The fraction of sp³-hybridized carbons (Fsp3) is 0.462. The van der Waals surface area contributed by atoms with Gasteiger partial charge in [0.15, 0.2) is 0 Å². The monoisotopic (exact) mass is 349 g/mol. The summed E-state index contributed by atoms with van der Waals surface area (Å²) in [6.45, 7) is 0.835. The summed E-state index contributed by atoms with van der Waals surface area (Å²) < 4.78 is 30.2. The lowest BCUT2D eigenvalue weighted by Gasteiger charge is -2.14. The van der Waals surface area contributed by atoms with Gasteiger partial charge in [0.2, 0.25) is 15.9 Å². The molecule has 1 atom stereocenters. The number of hydrogen-bond acceptors (Lipinski definition) is 5. The van der Waals surface area contributed by atoms with Gasteiger partial charge in [0, 0.05) is 5.69 Å². The molecule has 0 radical (unpaired) electrons. The zero-order chi connectivity index (χ0) is 15.5. The Balaban J connectivity index is 0.00000242. The van der Waals surface area contributed by atoms with Crippen LogP contribution in [0, 0.1) is 0 Å². The third-order valence-corrected chi connectivity index (χ3v) is 3.73. The first-order valence-corrected chi connectivity index (χ1v) is 8.48. The van der Waals surface area contributed by atoms with E-state index in [0.717, 1.165) is 25.6 Å². The van der Waals surface area contributed by atoms with Crippen molar-refractivity contribution in [2.75, 3.05) is 29.9 Å². The Morgan fingerprint density at radius 3 is 2.68 bits per heavy atom.